The Labute approximate surface area is 66.0 Å². The molecule has 0 bridgehead atoms. The first-order valence-corrected chi connectivity index (χ1v) is 3.68. The highest BCUT2D eigenvalue weighted by molar-refractivity contribution is 5.66. The molecule has 3 heteroatoms. The Hall–Kier alpha value is -0.990. The molecule has 0 saturated carbocycles. The zero-order valence-corrected chi connectivity index (χ0v) is 6.85. The summed E-state index contributed by atoms with van der Waals surface area (Å²) in [5.74, 6) is 0.421. The van der Waals surface area contributed by atoms with Crippen LogP contribution in [-0.2, 0) is 9.47 Å². The molecule has 1 rings (SSSR count). The van der Waals surface area contributed by atoms with Crippen molar-refractivity contribution < 1.29 is 14.3 Å². The van der Waals surface area contributed by atoms with Crippen LogP contribution >= 0.6 is 0 Å². The second-order valence-corrected chi connectivity index (χ2v) is 2.86. The highest BCUT2D eigenvalue weighted by atomic mass is 16.8. The normalized spacial score (nSPS) is 30.0. The Balaban J connectivity index is 2.70. The van der Waals surface area contributed by atoms with E-state index in [1.165, 1.54) is 0 Å². The number of ether oxygens (including phenoxy) is 2. The minimum atomic E-state index is -0.633. The van der Waals surface area contributed by atoms with E-state index in [-0.39, 0.29) is 0 Å². The van der Waals surface area contributed by atoms with Gasteiger partial charge in [-0.2, -0.15) is 0 Å². The molecule has 0 aromatic heterocycles. The molecule has 0 radical (unpaired) electrons. The molecule has 0 aromatic carbocycles. The molecule has 0 aromatic rings. The maximum absolute atomic E-state index is 10.6. The van der Waals surface area contributed by atoms with Gasteiger partial charge in [-0.25, -0.2) is 4.79 Å². The van der Waals surface area contributed by atoms with Crippen LogP contribution in [0.25, 0.3) is 0 Å². The van der Waals surface area contributed by atoms with E-state index in [0.29, 0.717) is 5.76 Å². The lowest BCUT2D eigenvalue weighted by atomic mass is 9.99. The van der Waals surface area contributed by atoms with Crippen molar-refractivity contribution in [3.63, 3.8) is 0 Å². The summed E-state index contributed by atoms with van der Waals surface area (Å²) in [6.07, 6.45) is 1.06. The van der Waals surface area contributed by atoms with Crippen LogP contribution in [0.3, 0.4) is 0 Å². The molecule has 11 heavy (non-hydrogen) atoms. The molecule has 62 valence electrons. The van der Waals surface area contributed by atoms with Crippen LogP contribution in [0, 0.1) is 0 Å². The summed E-state index contributed by atoms with van der Waals surface area (Å²) in [7, 11) is 0. The number of hydrogen-bond acceptors (Lipinski definition) is 3. The Morgan fingerprint density at radius 2 is 2.27 bits per heavy atom. The van der Waals surface area contributed by atoms with E-state index in [1.54, 1.807) is 0 Å². The van der Waals surface area contributed by atoms with Crippen LogP contribution in [-0.4, -0.2) is 11.8 Å². The molecule has 1 saturated heterocycles. The zero-order chi connectivity index (χ0) is 8.48. The second-order valence-electron chi connectivity index (χ2n) is 2.86. The third-order valence-corrected chi connectivity index (χ3v) is 1.83. The van der Waals surface area contributed by atoms with Gasteiger partial charge < -0.3 is 9.47 Å². The summed E-state index contributed by atoms with van der Waals surface area (Å²) in [5, 5.41) is 0. The lowest BCUT2D eigenvalue weighted by molar-refractivity contribution is 0.0711. The SMILES string of the molecule is C=C1OC(=O)OC1(C)CCC. The highest BCUT2D eigenvalue weighted by Crippen LogP contribution is 2.32. The summed E-state index contributed by atoms with van der Waals surface area (Å²) in [6.45, 7) is 7.44. The fourth-order valence-electron chi connectivity index (χ4n) is 1.14. The van der Waals surface area contributed by atoms with Crippen LogP contribution < -0.4 is 0 Å². The molecule has 1 aliphatic heterocycles. The van der Waals surface area contributed by atoms with Gasteiger partial charge >= 0.3 is 6.16 Å². The van der Waals surface area contributed by atoms with Crippen LogP contribution in [0.2, 0.25) is 0 Å². The molecule has 0 spiro atoms. The third-order valence-electron chi connectivity index (χ3n) is 1.83. The van der Waals surface area contributed by atoms with E-state index in [0.717, 1.165) is 12.8 Å². The predicted molar refractivity (Wildman–Crippen MR) is 40.0 cm³/mol. The van der Waals surface area contributed by atoms with Crippen LogP contribution in [0.5, 0.6) is 0 Å². The van der Waals surface area contributed by atoms with Crippen molar-refractivity contribution in [2.75, 3.05) is 0 Å². The van der Waals surface area contributed by atoms with Crippen LogP contribution in [0.1, 0.15) is 26.7 Å². The van der Waals surface area contributed by atoms with Crippen molar-refractivity contribution in [2.45, 2.75) is 32.3 Å². The van der Waals surface area contributed by atoms with Crippen molar-refractivity contribution in [1.82, 2.24) is 0 Å². The maximum Gasteiger partial charge on any atom is 0.514 e. The fourth-order valence-corrected chi connectivity index (χ4v) is 1.14. The molecule has 1 aliphatic rings. The monoisotopic (exact) mass is 156 g/mol. The van der Waals surface area contributed by atoms with E-state index in [4.69, 9.17) is 4.74 Å². The number of carbonyl (C=O) groups is 1. The minimum Gasteiger partial charge on any atom is -0.419 e. The van der Waals surface area contributed by atoms with Gasteiger partial charge in [0.15, 0.2) is 5.60 Å². The molecule has 1 unspecified atom stereocenters. The predicted octanol–water partition coefficient (Wildman–Crippen LogP) is 2.23. The van der Waals surface area contributed by atoms with E-state index < -0.39 is 11.8 Å². The summed E-state index contributed by atoms with van der Waals surface area (Å²) in [4.78, 5) is 10.6. The van der Waals surface area contributed by atoms with Gasteiger partial charge in [-0.1, -0.05) is 19.9 Å². The third kappa shape index (κ3) is 1.37. The smallest absolute Gasteiger partial charge is 0.419 e. The molecule has 0 aliphatic carbocycles. The highest BCUT2D eigenvalue weighted by Gasteiger charge is 2.41. The fraction of sp³-hybridized carbons (Fsp3) is 0.625. The van der Waals surface area contributed by atoms with Gasteiger partial charge in [0, 0.05) is 0 Å². The number of rotatable bonds is 2. The van der Waals surface area contributed by atoms with Crippen molar-refractivity contribution in [3.05, 3.63) is 12.3 Å². The van der Waals surface area contributed by atoms with Gasteiger partial charge in [0.25, 0.3) is 0 Å². The van der Waals surface area contributed by atoms with Gasteiger partial charge in [-0.15, -0.1) is 0 Å². The van der Waals surface area contributed by atoms with E-state index in [9.17, 15) is 4.79 Å². The van der Waals surface area contributed by atoms with Gasteiger partial charge in [0.1, 0.15) is 5.76 Å². The zero-order valence-electron chi connectivity index (χ0n) is 6.85. The van der Waals surface area contributed by atoms with Gasteiger partial charge in [0.05, 0.1) is 0 Å². The van der Waals surface area contributed by atoms with E-state index in [2.05, 4.69) is 11.3 Å². The lowest BCUT2D eigenvalue weighted by Gasteiger charge is -2.18. The average molecular weight is 156 g/mol. The summed E-state index contributed by atoms with van der Waals surface area (Å²) >= 11 is 0. The first-order chi connectivity index (χ1) is 5.08. The first-order valence-electron chi connectivity index (χ1n) is 3.68. The first kappa shape index (κ1) is 8.11. The van der Waals surface area contributed by atoms with Crippen molar-refractivity contribution >= 4 is 6.16 Å². The minimum absolute atomic E-state index is 0.421. The maximum atomic E-state index is 10.6. The van der Waals surface area contributed by atoms with Crippen LogP contribution in [0.15, 0.2) is 12.3 Å². The molecular weight excluding hydrogens is 144 g/mol. The summed E-state index contributed by atoms with van der Waals surface area (Å²) in [6, 6.07) is 0. The average Bonchev–Trinajstić information content (AvgIpc) is 2.08. The van der Waals surface area contributed by atoms with Gasteiger partial charge in [-0.3, -0.25) is 0 Å². The van der Waals surface area contributed by atoms with Crippen LogP contribution in [0.4, 0.5) is 4.79 Å². The van der Waals surface area contributed by atoms with Gasteiger partial charge in [0.2, 0.25) is 0 Å². The molecule has 1 heterocycles. The van der Waals surface area contributed by atoms with E-state index >= 15 is 0 Å². The number of hydrogen-bond donors (Lipinski definition) is 0. The summed E-state index contributed by atoms with van der Waals surface area (Å²) < 4.78 is 9.61. The standard InChI is InChI=1S/C8H12O3/c1-4-5-8(3)6(2)10-7(9)11-8/h2,4-5H2,1,3H3. The molecule has 1 atom stereocenters. The Morgan fingerprint density at radius 3 is 2.64 bits per heavy atom. The van der Waals surface area contributed by atoms with Gasteiger partial charge in [-0.05, 0) is 13.3 Å². The lowest BCUT2D eigenvalue weighted by Crippen LogP contribution is -2.24. The molecule has 3 nitrogen and oxygen atoms in total. The second kappa shape index (κ2) is 2.57. The largest absolute Gasteiger partial charge is 0.514 e. The molecule has 1 fully saturated rings. The molecule has 0 amide bonds. The van der Waals surface area contributed by atoms with E-state index in [1.807, 2.05) is 13.8 Å². The summed E-state index contributed by atoms with van der Waals surface area (Å²) in [5.41, 5.74) is -0.591. The quantitative estimate of drug-likeness (QED) is 0.575. The Morgan fingerprint density at radius 1 is 1.64 bits per heavy atom. The number of cyclic esters (lactones) is 2. The molecular formula is C8H12O3. The van der Waals surface area contributed by atoms with Crippen molar-refractivity contribution in [3.8, 4) is 0 Å². The Bertz CT molecular complexity index is 198. The number of carbonyl (C=O) groups excluding carboxylic acids is 1. The van der Waals surface area contributed by atoms with Crippen molar-refractivity contribution in [1.29, 1.82) is 0 Å². The topological polar surface area (TPSA) is 35.5 Å². The molecule has 0 N–H and O–H groups in total. The Kier molecular flexibility index (Phi) is 1.89. The van der Waals surface area contributed by atoms with Crippen molar-refractivity contribution in [2.24, 2.45) is 0 Å².